The summed E-state index contributed by atoms with van der Waals surface area (Å²) in [7, 11) is -3.25. The van der Waals surface area contributed by atoms with E-state index in [1.165, 1.54) is 50.4 Å². The van der Waals surface area contributed by atoms with Crippen LogP contribution in [-0.2, 0) is 32.3 Å². The second-order valence-corrected chi connectivity index (χ2v) is 11.6. The van der Waals surface area contributed by atoms with E-state index in [-0.39, 0.29) is 26.5 Å². The van der Waals surface area contributed by atoms with Crippen LogP contribution in [0.15, 0.2) is 71.6 Å². The summed E-state index contributed by atoms with van der Waals surface area (Å²) in [6.45, 7) is 0.252. The third kappa shape index (κ3) is 7.20. The van der Waals surface area contributed by atoms with Gasteiger partial charge in [0.2, 0.25) is 11.8 Å². The molecule has 2 amide bonds. The molecule has 0 radical (unpaired) electrons. The Morgan fingerprint density at radius 3 is 2.12 bits per heavy atom. The van der Waals surface area contributed by atoms with Crippen LogP contribution in [0.25, 0.3) is 0 Å². The van der Waals surface area contributed by atoms with Gasteiger partial charge in [-0.3, -0.25) is 13.9 Å². The summed E-state index contributed by atoms with van der Waals surface area (Å²) >= 11 is 18.3. The number of alkyl halides is 3. The fourth-order valence-corrected chi connectivity index (χ4v) is 5.78. The van der Waals surface area contributed by atoms with Gasteiger partial charge in [0.05, 0.1) is 31.2 Å². The third-order valence-corrected chi connectivity index (χ3v) is 8.74. The van der Waals surface area contributed by atoms with Gasteiger partial charge >= 0.3 is 6.18 Å². The number of benzene rings is 3. The van der Waals surface area contributed by atoms with Crippen molar-refractivity contribution in [3.05, 3.63) is 92.9 Å². The molecule has 0 aliphatic heterocycles. The van der Waals surface area contributed by atoms with E-state index < -0.39 is 51.9 Å². The largest absolute Gasteiger partial charge is 0.416 e. The average molecular weight is 637 g/mol. The summed E-state index contributed by atoms with van der Waals surface area (Å²) in [4.78, 5) is 27.0. The average Bonchev–Trinajstić information content (AvgIpc) is 2.91. The van der Waals surface area contributed by atoms with Crippen molar-refractivity contribution in [3.8, 4) is 0 Å². The number of anilines is 1. The molecule has 3 aromatic carbocycles. The van der Waals surface area contributed by atoms with Gasteiger partial charge in [0.1, 0.15) is 12.6 Å². The van der Waals surface area contributed by atoms with Gasteiger partial charge in [0, 0.05) is 13.6 Å². The first-order valence-electron chi connectivity index (χ1n) is 11.6. The van der Waals surface area contributed by atoms with Crippen molar-refractivity contribution >= 4 is 62.3 Å². The lowest BCUT2D eigenvalue weighted by Crippen LogP contribution is -2.50. The summed E-state index contributed by atoms with van der Waals surface area (Å²) in [5, 5.41) is 2.52. The zero-order valence-corrected chi connectivity index (χ0v) is 24.1. The van der Waals surface area contributed by atoms with Gasteiger partial charge in [-0.05, 0) is 55.0 Å². The van der Waals surface area contributed by atoms with Crippen LogP contribution in [0.1, 0.15) is 18.1 Å². The minimum absolute atomic E-state index is 0.184. The monoisotopic (exact) mass is 635 g/mol. The van der Waals surface area contributed by atoms with Gasteiger partial charge in [-0.15, -0.1) is 0 Å². The maximum Gasteiger partial charge on any atom is 0.416 e. The summed E-state index contributed by atoms with van der Waals surface area (Å²) in [6.07, 6.45) is -4.82. The summed E-state index contributed by atoms with van der Waals surface area (Å²) in [6, 6.07) is 12.4. The van der Waals surface area contributed by atoms with Crippen molar-refractivity contribution in [2.45, 2.75) is 30.6 Å². The Labute approximate surface area is 244 Å². The van der Waals surface area contributed by atoms with Crippen LogP contribution < -0.4 is 9.62 Å². The zero-order valence-electron chi connectivity index (χ0n) is 21.0. The van der Waals surface area contributed by atoms with Crippen molar-refractivity contribution in [2.75, 3.05) is 17.9 Å². The van der Waals surface area contributed by atoms with Crippen LogP contribution in [0, 0.1) is 0 Å². The van der Waals surface area contributed by atoms with Gasteiger partial charge in [-0.25, -0.2) is 8.42 Å². The van der Waals surface area contributed by atoms with Crippen LogP contribution in [0.3, 0.4) is 0 Å². The Kier molecular flexibility index (Phi) is 9.99. The number of nitrogens with zero attached hydrogens (tertiary/aromatic N) is 2. The lowest BCUT2D eigenvalue weighted by molar-refractivity contribution is -0.139. The molecule has 0 heterocycles. The highest BCUT2D eigenvalue weighted by atomic mass is 35.5. The number of carbonyl (C=O) groups excluding carboxylic acids is 2. The first-order valence-corrected chi connectivity index (χ1v) is 14.1. The van der Waals surface area contributed by atoms with E-state index >= 15 is 0 Å². The van der Waals surface area contributed by atoms with Gasteiger partial charge in [0.15, 0.2) is 0 Å². The highest BCUT2D eigenvalue weighted by Gasteiger charge is 2.36. The highest BCUT2D eigenvalue weighted by Crippen LogP contribution is 2.37. The Bertz CT molecular complexity index is 1510. The molecule has 0 saturated heterocycles. The topological polar surface area (TPSA) is 86.8 Å². The molecule has 7 nitrogen and oxygen atoms in total. The second kappa shape index (κ2) is 12.7. The molecule has 0 saturated carbocycles. The maximum absolute atomic E-state index is 13.7. The van der Waals surface area contributed by atoms with Gasteiger partial charge in [-0.1, -0.05) is 59.1 Å². The SMILES string of the molecule is CNC(=O)C(C)N(Cc1ccc(Cl)c(Cl)c1)C(=O)CN(c1cc(C(F)(F)F)ccc1Cl)S(=O)(=O)c1ccccc1. The molecule has 0 spiro atoms. The number of hydrogen-bond acceptors (Lipinski definition) is 4. The fourth-order valence-electron chi connectivity index (χ4n) is 3.74. The predicted molar refractivity (Wildman–Crippen MR) is 148 cm³/mol. The predicted octanol–water partition coefficient (Wildman–Crippen LogP) is 6.02. The van der Waals surface area contributed by atoms with Crippen LogP contribution in [0.2, 0.25) is 15.1 Å². The molecular formula is C26H23Cl3F3N3O4S. The molecule has 0 bridgehead atoms. The van der Waals surface area contributed by atoms with Crippen molar-refractivity contribution in [1.29, 1.82) is 0 Å². The Morgan fingerprint density at radius 1 is 0.925 bits per heavy atom. The normalized spacial score (nSPS) is 12.5. The van der Waals surface area contributed by atoms with E-state index in [0.717, 1.165) is 11.0 Å². The summed E-state index contributed by atoms with van der Waals surface area (Å²) in [5.74, 6) is -1.46. The van der Waals surface area contributed by atoms with Gasteiger partial charge in [-0.2, -0.15) is 13.2 Å². The van der Waals surface area contributed by atoms with E-state index in [2.05, 4.69) is 5.32 Å². The number of nitrogens with one attached hydrogen (secondary N) is 1. The molecule has 40 heavy (non-hydrogen) atoms. The molecule has 0 aliphatic rings. The number of rotatable bonds is 9. The Balaban J connectivity index is 2.13. The molecular weight excluding hydrogens is 614 g/mol. The lowest BCUT2D eigenvalue weighted by atomic mass is 10.1. The van der Waals surface area contributed by atoms with E-state index in [9.17, 15) is 31.2 Å². The fraction of sp³-hybridized carbons (Fsp3) is 0.231. The molecule has 1 atom stereocenters. The minimum Gasteiger partial charge on any atom is -0.357 e. The maximum atomic E-state index is 13.7. The summed E-state index contributed by atoms with van der Waals surface area (Å²) in [5.41, 5.74) is -1.26. The highest BCUT2D eigenvalue weighted by molar-refractivity contribution is 7.92. The van der Waals surface area contributed by atoms with Crippen molar-refractivity contribution in [3.63, 3.8) is 0 Å². The molecule has 3 rings (SSSR count). The number of sulfonamides is 1. The first-order chi connectivity index (χ1) is 18.7. The van der Waals surface area contributed by atoms with Gasteiger partial charge in [0.25, 0.3) is 10.0 Å². The number of carbonyl (C=O) groups is 2. The first kappa shape index (κ1) is 31.5. The number of amides is 2. The molecule has 0 aliphatic carbocycles. The van der Waals surface area contributed by atoms with Crippen molar-refractivity contribution in [1.82, 2.24) is 10.2 Å². The van der Waals surface area contributed by atoms with Crippen molar-refractivity contribution < 1.29 is 31.2 Å². The number of halogens is 6. The molecule has 214 valence electrons. The Morgan fingerprint density at radius 2 is 1.55 bits per heavy atom. The van der Waals surface area contributed by atoms with Gasteiger partial charge < -0.3 is 10.2 Å². The molecule has 1 unspecified atom stereocenters. The summed E-state index contributed by atoms with van der Waals surface area (Å²) < 4.78 is 68.6. The van der Waals surface area contributed by atoms with E-state index in [1.54, 1.807) is 12.1 Å². The molecule has 0 fully saturated rings. The lowest BCUT2D eigenvalue weighted by Gasteiger charge is -2.32. The molecule has 3 aromatic rings. The third-order valence-electron chi connectivity index (χ3n) is 5.90. The van der Waals surface area contributed by atoms with Crippen LogP contribution in [0.4, 0.5) is 18.9 Å². The van der Waals surface area contributed by atoms with E-state index in [1.807, 2.05) is 0 Å². The van der Waals surface area contributed by atoms with Crippen LogP contribution in [-0.4, -0.2) is 44.8 Å². The van der Waals surface area contributed by atoms with Crippen LogP contribution in [0.5, 0.6) is 0 Å². The molecule has 14 heteroatoms. The van der Waals surface area contributed by atoms with Crippen molar-refractivity contribution in [2.24, 2.45) is 0 Å². The minimum atomic E-state index is -4.82. The second-order valence-electron chi connectivity index (χ2n) is 8.55. The molecule has 1 N–H and O–H groups in total. The Hall–Kier alpha value is -2.99. The number of hydrogen-bond donors (Lipinski definition) is 1. The van der Waals surface area contributed by atoms with E-state index in [0.29, 0.717) is 22.0 Å². The number of likely N-dealkylation sites (N-methyl/N-ethyl adjacent to an activating group) is 1. The van der Waals surface area contributed by atoms with Crippen LogP contribution >= 0.6 is 34.8 Å². The molecule has 0 aromatic heterocycles. The zero-order chi connectivity index (χ0) is 29.8. The smallest absolute Gasteiger partial charge is 0.357 e. The standard InChI is InChI=1S/C26H23Cl3F3N3O4S/c1-16(25(37)33-2)34(14-17-8-10-20(27)22(29)12-17)24(36)15-35(40(38,39)19-6-4-3-5-7-19)23-13-18(26(30,31)32)9-11-21(23)28/h3-13,16H,14-15H2,1-2H3,(H,33,37). The van der Waals surface area contributed by atoms with E-state index in [4.69, 9.17) is 34.8 Å². The quantitative estimate of drug-likeness (QED) is 0.311.